The maximum absolute atomic E-state index is 12.5. The van der Waals surface area contributed by atoms with Gasteiger partial charge in [0.15, 0.2) is 11.5 Å². The number of nitrogens with zero attached hydrogens (tertiary/aromatic N) is 2. The Morgan fingerprint density at radius 2 is 1.96 bits per heavy atom. The van der Waals surface area contributed by atoms with Crippen molar-refractivity contribution >= 4 is 11.7 Å². The maximum Gasteiger partial charge on any atom is 0.290 e. The lowest BCUT2D eigenvalue weighted by atomic mass is 9.98. The number of carbonyl (C=O) groups is 2. The second-order valence-corrected chi connectivity index (χ2v) is 5.43. The van der Waals surface area contributed by atoms with Gasteiger partial charge in [-0.1, -0.05) is 36.4 Å². The standard InChI is InChI=1S/C18H16N2O3/c1-12(21)15-16(14-8-5-9-19-10-14)20(18(23)17(15)22)11-13-6-3-2-4-7-13/h2-10,16,22H,11H2,1H3/t16-/m0/s1. The van der Waals surface area contributed by atoms with Gasteiger partial charge in [0.1, 0.15) is 0 Å². The van der Waals surface area contributed by atoms with Crippen LogP contribution in [0.4, 0.5) is 0 Å². The Labute approximate surface area is 133 Å². The lowest BCUT2D eigenvalue weighted by molar-refractivity contribution is -0.130. The van der Waals surface area contributed by atoms with Gasteiger partial charge in [0.05, 0.1) is 11.6 Å². The molecule has 1 aromatic heterocycles. The summed E-state index contributed by atoms with van der Waals surface area (Å²) in [5.74, 6) is -1.32. The topological polar surface area (TPSA) is 70.5 Å². The zero-order valence-electron chi connectivity index (χ0n) is 12.6. The van der Waals surface area contributed by atoms with Crippen molar-refractivity contribution in [2.24, 2.45) is 0 Å². The Morgan fingerprint density at radius 3 is 2.57 bits per heavy atom. The summed E-state index contributed by atoms with van der Waals surface area (Å²) in [7, 11) is 0. The molecule has 0 unspecified atom stereocenters. The molecule has 116 valence electrons. The lowest BCUT2D eigenvalue weighted by Gasteiger charge is -2.26. The molecule has 1 N–H and O–H groups in total. The smallest absolute Gasteiger partial charge is 0.290 e. The molecule has 0 spiro atoms. The summed E-state index contributed by atoms with van der Waals surface area (Å²) in [6.07, 6.45) is 3.23. The summed E-state index contributed by atoms with van der Waals surface area (Å²) >= 11 is 0. The molecular formula is C18H16N2O3. The molecule has 0 bridgehead atoms. The van der Waals surface area contributed by atoms with Gasteiger partial charge < -0.3 is 10.0 Å². The van der Waals surface area contributed by atoms with E-state index in [1.807, 2.05) is 30.3 Å². The minimum atomic E-state index is -0.617. The van der Waals surface area contributed by atoms with Gasteiger partial charge in [-0.25, -0.2) is 0 Å². The first kappa shape index (κ1) is 15.0. The number of rotatable bonds is 4. The molecule has 0 saturated carbocycles. The average molecular weight is 308 g/mol. The molecule has 2 heterocycles. The minimum absolute atomic E-state index is 0.124. The number of pyridine rings is 1. The molecule has 0 fully saturated rings. The predicted molar refractivity (Wildman–Crippen MR) is 84.3 cm³/mol. The zero-order chi connectivity index (χ0) is 16.4. The van der Waals surface area contributed by atoms with Crippen LogP contribution in [-0.2, 0) is 16.1 Å². The molecule has 5 nitrogen and oxygen atoms in total. The average Bonchev–Trinajstić information content (AvgIpc) is 2.82. The van der Waals surface area contributed by atoms with Crippen LogP contribution < -0.4 is 0 Å². The molecule has 2 aromatic rings. The van der Waals surface area contributed by atoms with Gasteiger partial charge in [-0.2, -0.15) is 0 Å². The van der Waals surface area contributed by atoms with E-state index in [1.54, 1.807) is 24.5 Å². The van der Waals surface area contributed by atoms with E-state index >= 15 is 0 Å². The Hall–Kier alpha value is -2.95. The van der Waals surface area contributed by atoms with Gasteiger partial charge in [-0.3, -0.25) is 14.6 Å². The van der Waals surface area contributed by atoms with Crippen molar-refractivity contribution in [2.45, 2.75) is 19.5 Å². The summed E-state index contributed by atoms with van der Waals surface area (Å²) in [5.41, 5.74) is 1.75. The van der Waals surface area contributed by atoms with E-state index in [-0.39, 0.29) is 11.4 Å². The molecule has 1 amide bonds. The van der Waals surface area contributed by atoms with Crippen LogP contribution >= 0.6 is 0 Å². The number of ketones is 1. The maximum atomic E-state index is 12.5. The Bertz CT molecular complexity index is 769. The first-order chi connectivity index (χ1) is 11.1. The first-order valence-electron chi connectivity index (χ1n) is 7.28. The lowest BCUT2D eigenvalue weighted by Crippen LogP contribution is -2.30. The number of hydrogen-bond acceptors (Lipinski definition) is 4. The van der Waals surface area contributed by atoms with E-state index in [9.17, 15) is 14.7 Å². The number of carbonyl (C=O) groups excluding carboxylic acids is 2. The van der Waals surface area contributed by atoms with Crippen LogP contribution in [0.3, 0.4) is 0 Å². The van der Waals surface area contributed by atoms with Crippen LogP contribution in [0, 0.1) is 0 Å². The van der Waals surface area contributed by atoms with E-state index in [4.69, 9.17) is 0 Å². The highest BCUT2D eigenvalue weighted by atomic mass is 16.3. The van der Waals surface area contributed by atoms with Gasteiger partial charge in [-0.15, -0.1) is 0 Å². The van der Waals surface area contributed by atoms with Crippen LogP contribution in [-0.4, -0.2) is 26.7 Å². The van der Waals surface area contributed by atoms with Crippen LogP contribution in [0.25, 0.3) is 0 Å². The van der Waals surface area contributed by atoms with Crippen molar-refractivity contribution in [1.29, 1.82) is 0 Å². The molecular weight excluding hydrogens is 292 g/mol. The highest BCUT2D eigenvalue weighted by molar-refractivity contribution is 6.08. The number of benzene rings is 1. The minimum Gasteiger partial charge on any atom is -0.503 e. The number of aliphatic hydroxyl groups excluding tert-OH is 1. The fourth-order valence-corrected chi connectivity index (χ4v) is 2.84. The molecule has 1 aliphatic heterocycles. The predicted octanol–water partition coefficient (Wildman–Crippen LogP) is 2.57. The van der Waals surface area contributed by atoms with Crippen LogP contribution in [0.1, 0.15) is 24.1 Å². The molecule has 23 heavy (non-hydrogen) atoms. The first-order valence-corrected chi connectivity index (χ1v) is 7.28. The second-order valence-electron chi connectivity index (χ2n) is 5.43. The van der Waals surface area contributed by atoms with Crippen molar-refractivity contribution in [2.75, 3.05) is 0 Å². The normalized spacial score (nSPS) is 17.7. The number of Topliss-reactive ketones (excluding diaryl/α,β-unsaturated/α-hetero) is 1. The Kier molecular flexibility index (Phi) is 3.93. The van der Waals surface area contributed by atoms with Crippen LogP contribution in [0.2, 0.25) is 0 Å². The van der Waals surface area contributed by atoms with Crippen molar-refractivity contribution in [3.05, 3.63) is 77.3 Å². The fraction of sp³-hybridized carbons (Fsp3) is 0.167. The van der Waals surface area contributed by atoms with Crippen LogP contribution in [0.5, 0.6) is 0 Å². The SMILES string of the molecule is CC(=O)C1=C(O)C(=O)N(Cc2ccccc2)[C@H]1c1cccnc1. The van der Waals surface area contributed by atoms with Crippen molar-refractivity contribution < 1.29 is 14.7 Å². The third-order valence-electron chi connectivity index (χ3n) is 3.88. The number of amides is 1. The summed E-state index contributed by atoms with van der Waals surface area (Å²) in [6.45, 7) is 1.66. The molecule has 1 aromatic carbocycles. The fourth-order valence-electron chi connectivity index (χ4n) is 2.84. The van der Waals surface area contributed by atoms with Gasteiger partial charge in [0, 0.05) is 18.9 Å². The van der Waals surface area contributed by atoms with E-state index in [0.717, 1.165) is 5.56 Å². The number of aromatic nitrogens is 1. The third-order valence-corrected chi connectivity index (χ3v) is 3.88. The van der Waals surface area contributed by atoms with E-state index in [2.05, 4.69) is 4.98 Å². The van der Waals surface area contributed by atoms with E-state index < -0.39 is 17.7 Å². The molecule has 5 heteroatoms. The summed E-state index contributed by atoms with van der Waals surface area (Å²) in [4.78, 5) is 30.0. The highest BCUT2D eigenvalue weighted by Crippen LogP contribution is 2.38. The quantitative estimate of drug-likeness (QED) is 0.942. The molecule has 0 saturated heterocycles. The van der Waals surface area contributed by atoms with E-state index in [0.29, 0.717) is 12.1 Å². The molecule has 1 aliphatic rings. The van der Waals surface area contributed by atoms with Gasteiger partial charge in [0.2, 0.25) is 0 Å². The van der Waals surface area contributed by atoms with Crippen molar-refractivity contribution in [1.82, 2.24) is 9.88 Å². The van der Waals surface area contributed by atoms with Gasteiger partial charge >= 0.3 is 0 Å². The monoisotopic (exact) mass is 308 g/mol. The molecule has 1 atom stereocenters. The molecule has 0 aliphatic carbocycles. The summed E-state index contributed by atoms with van der Waals surface area (Å²) in [5, 5.41) is 10.2. The Morgan fingerprint density at radius 1 is 1.22 bits per heavy atom. The zero-order valence-corrected chi connectivity index (χ0v) is 12.6. The summed E-state index contributed by atoms with van der Waals surface area (Å²) in [6, 6.07) is 12.4. The Balaban J connectivity index is 2.04. The highest BCUT2D eigenvalue weighted by Gasteiger charge is 2.42. The molecule has 0 radical (unpaired) electrons. The number of aliphatic hydroxyl groups is 1. The second kappa shape index (κ2) is 6.04. The van der Waals surface area contributed by atoms with Crippen molar-refractivity contribution in [3.63, 3.8) is 0 Å². The van der Waals surface area contributed by atoms with E-state index in [1.165, 1.54) is 11.8 Å². The van der Waals surface area contributed by atoms with Gasteiger partial charge in [-0.05, 0) is 24.1 Å². The summed E-state index contributed by atoms with van der Waals surface area (Å²) < 4.78 is 0. The molecule has 3 rings (SSSR count). The largest absolute Gasteiger partial charge is 0.503 e. The van der Waals surface area contributed by atoms with Crippen LogP contribution in [0.15, 0.2) is 66.2 Å². The van der Waals surface area contributed by atoms with Gasteiger partial charge in [0.25, 0.3) is 5.91 Å². The van der Waals surface area contributed by atoms with Crippen molar-refractivity contribution in [3.8, 4) is 0 Å². The number of hydrogen-bond donors (Lipinski definition) is 1. The third kappa shape index (κ3) is 2.73.